The van der Waals surface area contributed by atoms with Gasteiger partial charge in [-0.1, -0.05) is 24.3 Å². The van der Waals surface area contributed by atoms with Crippen molar-refractivity contribution in [2.24, 2.45) is 5.92 Å². The summed E-state index contributed by atoms with van der Waals surface area (Å²) in [4.78, 5) is 26.9. The van der Waals surface area contributed by atoms with Gasteiger partial charge in [0, 0.05) is 25.6 Å². The van der Waals surface area contributed by atoms with Gasteiger partial charge in [0.1, 0.15) is 5.82 Å². The molecule has 8 heteroatoms. The van der Waals surface area contributed by atoms with E-state index in [2.05, 4.69) is 10.2 Å². The number of nitrogens with one attached hydrogen (secondary N) is 1. The van der Waals surface area contributed by atoms with Crippen LogP contribution in [0.3, 0.4) is 0 Å². The van der Waals surface area contributed by atoms with Gasteiger partial charge in [-0.15, -0.1) is 0 Å². The first-order valence-corrected chi connectivity index (χ1v) is 11.2. The van der Waals surface area contributed by atoms with Gasteiger partial charge in [-0.3, -0.25) is 4.79 Å². The van der Waals surface area contributed by atoms with Crippen molar-refractivity contribution < 1.29 is 14.3 Å². The molecule has 33 heavy (non-hydrogen) atoms. The molecule has 1 amide bonds. The number of para-hydroxylation sites is 1. The summed E-state index contributed by atoms with van der Waals surface area (Å²) in [6, 6.07) is 13.4. The number of benzene rings is 2. The van der Waals surface area contributed by atoms with E-state index in [0.29, 0.717) is 31.2 Å². The minimum absolute atomic E-state index is 0.00250. The van der Waals surface area contributed by atoms with Crippen LogP contribution in [0.5, 0.6) is 11.5 Å². The zero-order valence-corrected chi connectivity index (χ0v) is 18.5. The molecule has 170 valence electrons. The molecule has 2 aromatic carbocycles. The zero-order valence-electron chi connectivity index (χ0n) is 18.5. The number of aryl methyl sites for hydroxylation is 1. The fraction of sp³-hybridized carbons (Fsp3) is 0.320. The first kappa shape index (κ1) is 21.1. The number of carbonyl (C=O) groups excluding carboxylic acids is 1. The van der Waals surface area contributed by atoms with Gasteiger partial charge in [0.15, 0.2) is 11.5 Å². The van der Waals surface area contributed by atoms with E-state index in [1.165, 1.54) is 0 Å². The van der Waals surface area contributed by atoms with Crippen LogP contribution in [-0.2, 0) is 11.2 Å². The van der Waals surface area contributed by atoms with Crippen LogP contribution in [0.4, 0.5) is 0 Å². The quantitative estimate of drug-likeness (QED) is 0.609. The topological polar surface area (TPSA) is 89.4 Å². The Labute approximate surface area is 191 Å². The second-order valence-electron chi connectivity index (χ2n) is 8.49. The van der Waals surface area contributed by atoms with Crippen LogP contribution in [0.1, 0.15) is 29.8 Å². The number of hydrogen-bond donors (Lipinski definition) is 1. The summed E-state index contributed by atoms with van der Waals surface area (Å²) in [5.74, 6) is 2.53. The average Bonchev–Trinajstić information content (AvgIpc) is 3.44. The van der Waals surface area contributed by atoms with E-state index in [4.69, 9.17) is 9.47 Å². The standard InChI is InChI=1S/C25H26N4O4/c1-17-4-2-3-5-20(17)29-23(26-27-25(29)31)15-19-10-12-28(13-11-19)24(30)9-7-18-6-8-21-22(14-18)33-16-32-21/h2-9,14,19H,10-13,15-16H2,1H3,(H,27,31). The van der Waals surface area contributed by atoms with Gasteiger partial charge in [-0.2, -0.15) is 5.10 Å². The van der Waals surface area contributed by atoms with Gasteiger partial charge in [-0.25, -0.2) is 14.5 Å². The van der Waals surface area contributed by atoms with E-state index >= 15 is 0 Å². The monoisotopic (exact) mass is 446 g/mol. The molecule has 0 radical (unpaired) electrons. The lowest BCUT2D eigenvalue weighted by atomic mass is 9.93. The van der Waals surface area contributed by atoms with Crippen molar-refractivity contribution in [3.05, 3.63) is 76.0 Å². The maximum Gasteiger partial charge on any atom is 0.347 e. The molecule has 0 unspecified atom stereocenters. The van der Waals surface area contributed by atoms with Crippen LogP contribution < -0.4 is 15.2 Å². The molecule has 0 aliphatic carbocycles. The van der Waals surface area contributed by atoms with Crippen LogP contribution in [-0.4, -0.2) is 45.5 Å². The first-order chi connectivity index (χ1) is 16.1. The number of amides is 1. The third-order valence-electron chi connectivity index (χ3n) is 6.31. The highest BCUT2D eigenvalue weighted by atomic mass is 16.7. The third kappa shape index (κ3) is 4.41. The predicted octanol–water partition coefficient (Wildman–Crippen LogP) is 3.09. The molecule has 1 fully saturated rings. The van der Waals surface area contributed by atoms with Crippen molar-refractivity contribution in [1.82, 2.24) is 19.7 Å². The number of nitrogens with zero attached hydrogens (tertiary/aromatic N) is 3. The SMILES string of the molecule is Cc1ccccc1-n1c(CC2CCN(C(=O)C=Cc3ccc4c(c3)OCO4)CC2)n[nH]c1=O. The fourth-order valence-corrected chi connectivity index (χ4v) is 4.43. The average molecular weight is 447 g/mol. The maximum absolute atomic E-state index is 12.7. The van der Waals surface area contributed by atoms with Crippen LogP contribution >= 0.6 is 0 Å². The van der Waals surface area contributed by atoms with E-state index in [-0.39, 0.29) is 18.4 Å². The lowest BCUT2D eigenvalue weighted by molar-refractivity contribution is -0.127. The highest BCUT2D eigenvalue weighted by molar-refractivity contribution is 5.92. The third-order valence-corrected chi connectivity index (χ3v) is 6.31. The number of hydrogen-bond acceptors (Lipinski definition) is 5. The van der Waals surface area contributed by atoms with E-state index in [1.54, 1.807) is 16.7 Å². The molecule has 1 saturated heterocycles. The van der Waals surface area contributed by atoms with Crippen LogP contribution in [0, 0.1) is 12.8 Å². The molecule has 1 aromatic heterocycles. The Morgan fingerprint density at radius 1 is 1.15 bits per heavy atom. The minimum atomic E-state index is -0.222. The summed E-state index contributed by atoms with van der Waals surface area (Å²) in [7, 11) is 0. The number of rotatable bonds is 5. The summed E-state index contributed by atoms with van der Waals surface area (Å²) in [6.45, 7) is 3.59. The Balaban J connectivity index is 1.19. The van der Waals surface area contributed by atoms with E-state index in [1.807, 2.05) is 54.3 Å². The van der Waals surface area contributed by atoms with Crippen LogP contribution in [0.15, 0.2) is 53.3 Å². The van der Waals surface area contributed by atoms with Crippen molar-refractivity contribution >= 4 is 12.0 Å². The molecule has 0 atom stereocenters. The van der Waals surface area contributed by atoms with Gasteiger partial charge in [-0.05, 0) is 61.1 Å². The number of aromatic nitrogens is 3. The largest absolute Gasteiger partial charge is 0.454 e. The highest BCUT2D eigenvalue weighted by Gasteiger charge is 2.24. The molecule has 1 N–H and O–H groups in total. The number of fused-ring (bicyclic) bond motifs is 1. The Bertz CT molecular complexity index is 1250. The minimum Gasteiger partial charge on any atom is -0.454 e. The molecular weight excluding hydrogens is 420 g/mol. The van der Waals surface area contributed by atoms with Gasteiger partial charge < -0.3 is 14.4 Å². The number of carbonyl (C=O) groups is 1. The van der Waals surface area contributed by atoms with E-state index in [0.717, 1.165) is 41.2 Å². The number of ether oxygens (including phenoxy) is 2. The highest BCUT2D eigenvalue weighted by Crippen LogP contribution is 2.32. The smallest absolute Gasteiger partial charge is 0.347 e. The molecule has 8 nitrogen and oxygen atoms in total. The van der Waals surface area contributed by atoms with Crippen molar-refractivity contribution in [3.8, 4) is 17.2 Å². The van der Waals surface area contributed by atoms with E-state index in [9.17, 15) is 9.59 Å². The van der Waals surface area contributed by atoms with Crippen LogP contribution in [0.2, 0.25) is 0 Å². The molecule has 0 bridgehead atoms. The normalized spacial score (nSPS) is 16.0. The lowest BCUT2D eigenvalue weighted by Gasteiger charge is -2.31. The molecule has 3 aromatic rings. The molecule has 0 saturated carbocycles. The summed E-state index contributed by atoms with van der Waals surface area (Å²) < 4.78 is 12.4. The number of H-pyrrole nitrogens is 1. The van der Waals surface area contributed by atoms with Gasteiger partial charge >= 0.3 is 5.69 Å². The first-order valence-electron chi connectivity index (χ1n) is 11.2. The van der Waals surface area contributed by atoms with Crippen LogP contribution in [0.25, 0.3) is 11.8 Å². The number of aromatic amines is 1. The van der Waals surface area contributed by atoms with Crippen molar-refractivity contribution in [3.63, 3.8) is 0 Å². The Kier molecular flexibility index (Phi) is 5.73. The van der Waals surface area contributed by atoms with Crippen molar-refractivity contribution in [2.75, 3.05) is 19.9 Å². The molecule has 2 aliphatic rings. The maximum atomic E-state index is 12.7. The van der Waals surface area contributed by atoms with Gasteiger partial charge in [0.05, 0.1) is 5.69 Å². The summed E-state index contributed by atoms with van der Waals surface area (Å²) in [5, 5.41) is 6.88. The second kappa shape index (κ2) is 8.97. The Morgan fingerprint density at radius 3 is 2.76 bits per heavy atom. The molecular formula is C25H26N4O4. The number of piperidine rings is 1. The van der Waals surface area contributed by atoms with E-state index < -0.39 is 0 Å². The zero-order chi connectivity index (χ0) is 22.8. The predicted molar refractivity (Wildman–Crippen MR) is 124 cm³/mol. The summed E-state index contributed by atoms with van der Waals surface area (Å²) >= 11 is 0. The summed E-state index contributed by atoms with van der Waals surface area (Å²) in [5.41, 5.74) is 2.56. The molecule has 3 heterocycles. The molecule has 2 aliphatic heterocycles. The fourth-order valence-electron chi connectivity index (χ4n) is 4.43. The molecule has 0 spiro atoms. The van der Waals surface area contributed by atoms with Crippen molar-refractivity contribution in [2.45, 2.75) is 26.2 Å². The Hall–Kier alpha value is -3.81. The van der Waals surface area contributed by atoms with Gasteiger partial charge in [0.2, 0.25) is 12.7 Å². The summed E-state index contributed by atoms with van der Waals surface area (Å²) in [6.07, 6.45) is 5.86. The molecule has 5 rings (SSSR count). The number of likely N-dealkylation sites (tertiary alicyclic amines) is 1. The lowest BCUT2D eigenvalue weighted by Crippen LogP contribution is -2.38. The second-order valence-corrected chi connectivity index (χ2v) is 8.49. The van der Waals surface area contributed by atoms with Crippen molar-refractivity contribution in [1.29, 1.82) is 0 Å². The van der Waals surface area contributed by atoms with Gasteiger partial charge in [0.25, 0.3) is 0 Å². The Morgan fingerprint density at radius 2 is 1.94 bits per heavy atom.